The van der Waals surface area contributed by atoms with Gasteiger partial charge in [0.05, 0.1) is 7.11 Å². The van der Waals surface area contributed by atoms with Crippen LogP contribution < -0.4 is 4.74 Å². The van der Waals surface area contributed by atoms with E-state index in [2.05, 4.69) is 11.2 Å². The molecule has 6 heteroatoms. The molecule has 1 aromatic carbocycles. The number of ether oxygens (including phenoxy) is 1. The molecule has 0 aliphatic carbocycles. The minimum atomic E-state index is -0.0700. The van der Waals surface area contributed by atoms with E-state index >= 15 is 0 Å². The predicted molar refractivity (Wildman–Crippen MR) is 91.6 cm³/mol. The zero-order chi connectivity index (χ0) is 17.1. The van der Waals surface area contributed by atoms with E-state index in [1.54, 1.807) is 19.1 Å². The fourth-order valence-electron chi connectivity index (χ4n) is 2.93. The Balaban J connectivity index is 1.67. The topological polar surface area (TPSA) is 62.2 Å². The third-order valence-corrected chi connectivity index (χ3v) is 4.41. The molecule has 0 fully saturated rings. The molecule has 3 rings (SSSR count). The molecule has 6 nitrogen and oxygen atoms in total. The quantitative estimate of drug-likeness (QED) is 0.852. The van der Waals surface area contributed by atoms with E-state index in [-0.39, 0.29) is 11.8 Å². The predicted octanol–water partition coefficient (Wildman–Crippen LogP) is 1.92. The summed E-state index contributed by atoms with van der Waals surface area (Å²) in [6, 6.07) is 7.95. The van der Waals surface area contributed by atoms with Gasteiger partial charge in [-0.3, -0.25) is 9.59 Å². The van der Waals surface area contributed by atoms with Crippen LogP contribution in [0.3, 0.4) is 0 Å². The minimum Gasteiger partial charge on any atom is -0.497 e. The lowest BCUT2D eigenvalue weighted by atomic mass is 9.99. The van der Waals surface area contributed by atoms with Crippen LogP contribution in [0, 0.1) is 0 Å². The third-order valence-electron chi connectivity index (χ3n) is 4.41. The Bertz CT molecular complexity index is 707. The first-order valence-corrected chi connectivity index (χ1v) is 8.05. The monoisotopic (exact) mass is 327 g/mol. The van der Waals surface area contributed by atoms with Crippen LogP contribution in [0.15, 0.2) is 35.4 Å². The van der Waals surface area contributed by atoms with E-state index in [0.29, 0.717) is 31.6 Å². The molecular weight excluding hydrogens is 306 g/mol. The number of hydrazone groups is 1. The van der Waals surface area contributed by atoms with Crippen molar-refractivity contribution in [2.24, 2.45) is 5.10 Å². The van der Waals surface area contributed by atoms with Crippen molar-refractivity contribution in [3.8, 4) is 5.75 Å². The lowest BCUT2D eigenvalue weighted by Gasteiger charge is -2.28. The first-order chi connectivity index (χ1) is 11.6. The molecule has 0 spiro atoms. The largest absolute Gasteiger partial charge is 0.497 e. The number of carbonyl (C=O) groups is 2. The number of nitrogens with zero attached hydrogens (tertiary/aromatic N) is 3. The molecular formula is C18H21N3O3. The Morgan fingerprint density at radius 3 is 2.50 bits per heavy atom. The van der Waals surface area contributed by atoms with Gasteiger partial charge < -0.3 is 9.64 Å². The zero-order valence-electron chi connectivity index (χ0n) is 14.0. The van der Waals surface area contributed by atoms with Crippen molar-refractivity contribution in [1.29, 1.82) is 0 Å². The van der Waals surface area contributed by atoms with Crippen molar-refractivity contribution in [2.45, 2.75) is 19.3 Å². The molecule has 2 amide bonds. The summed E-state index contributed by atoms with van der Waals surface area (Å²) in [5.74, 6) is 0.715. The molecule has 2 heterocycles. The molecule has 0 bridgehead atoms. The molecule has 0 saturated heterocycles. The molecule has 0 N–H and O–H groups in total. The Morgan fingerprint density at radius 1 is 1.17 bits per heavy atom. The number of methoxy groups -OCH3 is 1. The number of rotatable bonds is 3. The van der Waals surface area contributed by atoms with Gasteiger partial charge in [-0.15, -0.1) is 0 Å². The Hall–Kier alpha value is -2.63. The Morgan fingerprint density at radius 2 is 1.92 bits per heavy atom. The smallest absolute Gasteiger partial charge is 0.270 e. The van der Waals surface area contributed by atoms with Gasteiger partial charge in [-0.05, 0) is 29.7 Å². The summed E-state index contributed by atoms with van der Waals surface area (Å²) in [5, 5.41) is 5.37. The van der Waals surface area contributed by atoms with E-state index in [9.17, 15) is 9.59 Å². The van der Waals surface area contributed by atoms with E-state index in [4.69, 9.17) is 4.74 Å². The van der Waals surface area contributed by atoms with Gasteiger partial charge in [0.2, 0.25) is 5.91 Å². The average molecular weight is 327 g/mol. The van der Waals surface area contributed by atoms with Crippen LogP contribution in [-0.2, 0) is 9.59 Å². The molecule has 2 aliphatic rings. The molecule has 0 atom stereocenters. The number of amides is 2. The molecule has 0 aromatic heterocycles. The first kappa shape index (κ1) is 16.2. The first-order valence-electron chi connectivity index (χ1n) is 8.05. The molecule has 2 aliphatic heterocycles. The highest BCUT2D eigenvalue weighted by molar-refractivity contribution is 6.39. The maximum absolute atomic E-state index is 12.5. The lowest BCUT2D eigenvalue weighted by Crippen LogP contribution is -2.42. The summed E-state index contributed by atoms with van der Waals surface area (Å²) < 4.78 is 5.17. The van der Waals surface area contributed by atoms with Crippen molar-refractivity contribution in [2.75, 3.05) is 27.2 Å². The maximum atomic E-state index is 12.5. The van der Waals surface area contributed by atoms with Crippen molar-refractivity contribution >= 4 is 23.1 Å². The Kier molecular flexibility index (Phi) is 4.64. The van der Waals surface area contributed by atoms with Gasteiger partial charge in [0.15, 0.2) is 0 Å². The van der Waals surface area contributed by atoms with Crippen molar-refractivity contribution in [1.82, 2.24) is 9.91 Å². The molecule has 24 heavy (non-hydrogen) atoms. The highest BCUT2D eigenvalue weighted by Crippen LogP contribution is 2.24. The van der Waals surface area contributed by atoms with Crippen molar-refractivity contribution in [3.63, 3.8) is 0 Å². The highest BCUT2D eigenvalue weighted by atomic mass is 16.5. The zero-order valence-corrected chi connectivity index (χ0v) is 14.0. The van der Waals surface area contributed by atoms with Crippen molar-refractivity contribution < 1.29 is 14.3 Å². The van der Waals surface area contributed by atoms with Gasteiger partial charge in [0.25, 0.3) is 5.91 Å². The second-order valence-electron chi connectivity index (χ2n) is 5.92. The highest BCUT2D eigenvalue weighted by Gasteiger charge is 2.26. The fourth-order valence-corrected chi connectivity index (χ4v) is 2.93. The van der Waals surface area contributed by atoms with E-state index < -0.39 is 0 Å². The summed E-state index contributed by atoms with van der Waals surface area (Å²) in [6.45, 7) is 1.23. The Labute approximate surface area is 141 Å². The van der Waals surface area contributed by atoms with E-state index in [0.717, 1.165) is 17.7 Å². The van der Waals surface area contributed by atoms with Crippen LogP contribution in [0.25, 0.3) is 5.57 Å². The van der Waals surface area contributed by atoms with Crippen LogP contribution in [0.5, 0.6) is 5.75 Å². The summed E-state index contributed by atoms with van der Waals surface area (Å²) in [5.41, 5.74) is 2.86. The van der Waals surface area contributed by atoms with Crippen LogP contribution in [-0.4, -0.2) is 54.7 Å². The number of hydrogen-bond donors (Lipinski definition) is 0. The lowest BCUT2D eigenvalue weighted by molar-refractivity contribution is -0.130. The van der Waals surface area contributed by atoms with Gasteiger partial charge in [-0.1, -0.05) is 18.2 Å². The molecule has 0 saturated carbocycles. The van der Waals surface area contributed by atoms with Crippen LogP contribution in [0.4, 0.5) is 0 Å². The van der Waals surface area contributed by atoms with Crippen molar-refractivity contribution in [3.05, 3.63) is 35.9 Å². The molecule has 126 valence electrons. The summed E-state index contributed by atoms with van der Waals surface area (Å²) in [4.78, 5) is 25.8. The summed E-state index contributed by atoms with van der Waals surface area (Å²) >= 11 is 0. The molecule has 0 radical (unpaired) electrons. The summed E-state index contributed by atoms with van der Waals surface area (Å²) in [7, 11) is 3.24. The van der Waals surface area contributed by atoms with Crippen LogP contribution >= 0.6 is 0 Å². The van der Waals surface area contributed by atoms with Gasteiger partial charge in [0.1, 0.15) is 11.5 Å². The molecule has 1 aromatic rings. The second-order valence-corrected chi connectivity index (χ2v) is 5.92. The number of carbonyl (C=O) groups excluding carboxylic acids is 2. The van der Waals surface area contributed by atoms with Gasteiger partial charge >= 0.3 is 0 Å². The average Bonchev–Trinajstić information content (AvgIpc) is 2.63. The second kappa shape index (κ2) is 6.86. The third kappa shape index (κ3) is 3.32. The van der Waals surface area contributed by atoms with Gasteiger partial charge in [-0.25, -0.2) is 5.01 Å². The van der Waals surface area contributed by atoms with Gasteiger partial charge in [0, 0.05) is 33.0 Å². The standard InChI is InChI=1S/C18H21N3O3/c1-20-17(22)8-7-16(19-20)18(23)21-11-9-14(10-12-21)13-3-5-15(24-2)6-4-13/h3-6,9H,7-8,10-12H2,1-2H3. The summed E-state index contributed by atoms with van der Waals surface area (Å²) in [6.07, 6.45) is 3.66. The fraction of sp³-hybridized carbons (Fsp3) is 0.389. The number of hydrogen-bond acceptors (Lipinski definition) is 4. The number of benzene rings is 1. The maximum Gasteiger partial charge on any atom is 0.270 e. The van der Waals surface area contributed by atoms with Gasteiger partial charge in [-0.2, -0.15) is 5.10 Å². The SMILES string of the molecule is COc1ccc(C2=CCN(C(=O)C3=NN(C)C(=O)CC3)CC2)cc1. The van der Waals surface area contributed by atoms with E-state index in [1.165, 1.54) is 10.6 Å². The van der Waals surface area contributed by atoms with E-state index in [1.807, 2.05) is 24.3 Å². The molecule has 0 unspecified atom stereocenters. The normalized spacial score (nSPS) is 18.2. The van der Waals surface area contributed by atoms with Crippen LogP contribution in [0.1, 0.15) is 24.8 Å². The minimum absolute atomic E-state index is 0.0492. The van der Waals surface area contributed by atoms with Crippen LogP contribution in [0.2, 0.25) is 0 Å².